The molecule has 0 radical (unpaired) electrons. The lowest BCUT2D eigenvalue weighted by atomic mass is 10.0. The van der Waals surface area contributed by atoms with Crippen molar-refractivity contribution in [3.63, 3.8) is 0 Å². The van der Waals surface area contributed by atoms with E-state index in [4.69, 9.17) is 4.74 Å². The minimum atomic E-state index is 0.729. The van der Waals surface area contributed by atoms with E-state index in [0.29, 0.717) is 0 Å². The first-order chi connectivity index (χ1) is 9.38. The van der Waals surface area contributed by atoms with Gasteiger partial charge in [0.1, 0.15) is 12.4 Å². The molecule has 2 aromatic carbocycles. The zero-order chi connectivity index (χ0) is 13.1. The van der Waals surface area contributed by atoms with Gasteiger partial charge in [-0.3, -0.25) is 0 Å². The quantitative estimate of drug-likeness (QED) is 0.844. The van der Waals surface area contributed by atoms with Gasteiger partial charge in [0.2, 0.25) is 0 Å². The van der Waals surface area contributed by atoms with Gasteiger partial charge in [-0.2, -0.15) is 0 Å². The van der Waals surface area contributed by atoms with Crippen LogP contribution < -0.4 is 10.1 Å². The lowest BCUT2D eigenvalue weighted by molar-refractivity contribution is 0.327. The van der Waals surface area contributed by atoms with Crippen LogP contribution in [0.15, 0.2) is 47.4 Å². The molecule has 1 heterocycles. The number of rotatable bonds is 2. The van der Waals surface area contributed by atoms with Gasteiger partial charge in [-0.25, -0.2) is 0 Å². The summed E-state index contributed by atoms with van der Waals surface area (Å²) in [6.07, 6.45) is 2.10. The van der Waals surface area contributed by atoms with Gasteiger partial charge in [0.15, 0.2) is 0 Å². The molecule has 0 aromatic heterocycles. The van der Waals surface area contributed by atoms with Crippen LogP contribution in [-0.4, -0.2) is 19.4 Å². The number of fused-ring (bicyclic) bond motifs is 1. The van der Waals surface area contributed by atoms with Crippen LogP contribution in [0.3, 0.4) is 0 Å². The van der Waals surface area contributed by atoms with Gasteiger partial charge in [-0.05, 0) is 24.0 Å². The van der Waals surface area contributed by atoms with Crippen molar-refractivity contribution in [3.05, 3.63) is 48.0 Å². The molecular formula is C16H17NOS. The molecule has 2 nitrogen and oxygen atoms in total. The van der Waals surface area contributed by atoms with Crippen LogP contribution in [0.25, 0.3) is 11.1 Å². The standard InChI is InChI=1S/C16H17NOS/c1-19-14-7-5-12(6-8-14)15-4-2-3-13-11-17-9-10-18-16(13)15/h2-8,17H,9-11H2,1H3. The van der Waals surface area contributed by atoms with Crippen LogP contribution >= 0.6 is 11.8 Å². The smallest absolute Gasteiger partial charge is 0.131 e. The Labute approximate surface area is 118 Å². The van der Waals surface area contributed by atoms with Gasteiger partial charge < -0.3 is 10.1 Å². The Morgan fingerprint density at radius 1 is 1.11 bits per heavy atom. The average molecular weight is 271 g/mol. The summed E-state index contributed by atoms with van der Waals surface area (Å²) in [5.41, 5.74) is 3.65. The van der Waals surface area contributed by atoms with E-state index in [-0.39, 0.29) is 0 Å². The van der Waals surface area contributed by atoms with Gasteiger partial charge in [-0.1, -0.05) is 30.3 Å². The highest BCUT2D eigenvalue weighted by Gasteiger charge is 2.13. The van der Waals surface area contributed by atoms with E-state index in [0.717, 1.165) is 25.4 Å². The van der Waals surface area contributed by atoms with Crippen molar-refractivity contribution >= 4 is 11.8 Å². The van der Waals surface area contributed by atoms with E-state index < -0.39 is 0 Å². The maximum Gasteiger partial charge on any atom is 0.131 e. The number of ether oxygens (including phenoxy) is 1. The fourth-order valence-corrected chi connectivity index (χ4v) is 2.75. The van der Waals surface area contributed by atoms with E-state index in [2.05, 4.69) is 54.0 Å². The SMILES string of the molecule is CSc1ccc(-c2cccc3c2OCCNC3)cc1. The van der Waals surface area contributed by atoms with Crippen molar-refractivity contribution in [2.24, 2.45) is 0 Å². The second-order valence-corrected chi connectivity index (χ2v) is 5.43. The maximum atomic E-state index is 5.92. The first-order valence-corrected chi connectivity index (χ1v) is 7.71. The molecule has 19 heavy (non-hydrogen) atoms. The van der Waals surface area contributed by atoms with Crippen molar-refractivity contribution in [1.29, 1.82) is 0 Å². The highest BCUT2D eigenvalue weighted by Crippen LogP contribution is 2.34. The molecule has 0 saturated carbocycles. The molecule has 3 heteroatoms. The summed E-state index contributed by atoms with van der Waals surface area (Å²) in [4.78, 5) is 1.29. The predicted molar refractivity (Wildman–Crippen MR) is 80.9 cm³/mol. The molecule has 1 aliphatic rings. The number of nitrogens with one attached hydrogen (secondary N) is 1. The monoisotopic (exact) mass is 271 g/mol. The number of para-hydroxylation sites is 1. The Balaban J connectivity index is 2.04. The van der Waals surface area contributed by atoms with Crippen molar-refractivity contribution < 1.29 is 4.74 Å². The minimum absolute atomic E-state index is 0.729. The third kappa shape index (κ3) is 2.62. The van der Waals surface area contributed by atoms with Crippen molar-refractivity contribution in [1.82, 2.24) is 5.32 Å². The Morgan fingerprint density at radius 3 is 2.74 bits per heavy atom. The van der Waals surface area contributed by atoms with Crippen molar-refractivity contribution in [2.75, 3.05) is 19.4 Å². The van der Waals surface area contributed by atoms with Crippen molar-refractivity contribution in [2.45, 2.75) is 11.4 Å². The average Bonchev–Trinajstić information content (AvgIpc) is 2.72. The molecule has 0 spiro atoms. The molecular weight excluding hydrogens is 254 g/mol. The number of benzene rings is 2. The molecule has 0 aliphatic carbocycles. The Morgan fingerprint density at radius 2 is 1.95 bits per heavy atom. The van der Waals surface area contributed by atoms with Crippen LogP contribution in [0.1, 0.15) is 5.56 Å². The van der Waals surface area contributed by atoms with Crippen LogP contribution in [0.4, 0.5) is 0 Å². The minimum Gasteiger partial charge on any atom is -0.491 e. The summed E-state index contributed by atoms with van der Waals surface area (Å²) in [5, 5.41) is 3.37. The summed E-state index contributed by atoms with van der Waals surface area (Å²) in [7, 11) is 0. The third-order valence-electron chi connectivity index (χ3n) is 3.34. The van der Waals surface area contributed by atoms with Crippen LogP contribution in [0.5, 0.6) is 5.75 Å². The molecule has 0 atom stereocenters. The molecule has 1 N–H and O–H groups in total. The van der Waals surface area contributed by atoms with Gasteiger partial charge in [0.25, 0.3) is 0 Å². The second-order valence-electron chi connectivity index (χ2n) is 4.55. The van der Waals surface area contributed by atoms with Crippen molar-refractivity contribution in [3.8, 4) is 16.9 Å². The maximum absolute atomic E-state index is 5.92. The van der Waals surface area contributed by atoms with E-state index in [9.17, 15) is 0 Å². The normalized spacial score (nSPS) is 14.4. The molecule has 0 amide bonds. The highest BCUT2D eigenvalue weighted by atomic mass is 32.2. The van der Waals surface area contributed by atoms with Crippen LogP contribution in [0.2, 0.25) is 0 Å². The summed E-state index contributed by atoms with van der Waals surface area (Å²) in [6.45, 7) is 2.51. The van der Waals surface area contributed by atoms with Gasteiger partial charge in [0.05, 0.1) is 0 Å². The summed E-state index contributed by atoms with van der Waals surface area (Å²) < 4.78 is 5.92. The molecule has 2 aromatic rings. The molecule has 3 rings (SSSR count). The molecule has 0 saturated heterocycles. The number of hydrogen-bond donors (Lipinski definition) is 1. The van der Waals surface area contributed by atoms with Gasteiger partial charge >= 0.3 is 0 Å². The van der Waals surface area contributed by atoms with Gasteiger partial charge in [-0.15, -0.1) is 11.8 Å². The molecule has 0 fully saturated rings. The van der Waals surface area contributed by atoms with E-state index >= 15 is 0 Å². The molecule has 0 bridgehead atoms. The first-order valence-electron chi connectivity index (χ1n) is 6.48. The topological polar surface area (TPSA) is 21.3 Å². The molecule has 1 aliphatic heterocycles. The Hall–Kier alpha value is -1.45. The fourth-order valence-electron chi connectivity index (χ4n) is 2.34. The summed E-state index contributed by atoms with van der Waals surface area (Å²) >= 11 is 1.76. The third-order valence-corrected chi connectivity index (χ3v) is 4.08. The largest absolute Gasteiger partial charge is 0.491 e. The number of hydrogen-bond acceptors (Lipinski definition) is 3. The second kappa shape index (κ2) is 5.68. The fraction of sp³-hybridized carbons (Fsp3) is 0.250. The number of thioether (sulfide) groups is 1. The lowest BCUT2D eigenvalue weighted by Gasteiger charge is -2.13. The lowest BCUT2D eigenvalue weighted by Crippen LogP contribution is -2.16. The van der Waals surface area contributed by atoms with E-state index in [1.165, 1.54) is 21.6 Å². The summed E-state index contributed by atoms with van der Waals surface area (Å²) in [5.74, 6) is 1.03. The summed E-state index contributed by atoms with van der Waals surface area (Å²) in [6, 6.07) is 15.0. The Bertz CT molecular complexity index is 565. The Kier molecular flexibility index (Phi) is 3.76. The zero-order valence-corrected chi connectivity index (χ0v) is 11.8. The molecule has 98 valence electrons. The zero-order valence-electron chi connectivity index (χ0n) is 11.0. The van der Waals surface area contributed by atoms with E-state index in [1.54, 1.807) is 11.8 Å². The first kappa shape index (κ1) is 12.6. The highest BCUT2D eigenvalue weighted by molar-refractivity contribution is 7.98. The van der Waals surface area contributed by atoms with Gasteiger partial charge in [0, 0.05) is 29.1 Å². The van der Waals surface area contributed by atoms with Crippen LogP contribution in [0, 0.1) is 0 Å². The van der Waals surface area contributed by atoms with Crippen LogP contribution in [-0.2, 0) is 6.54 Å². The van der Waals surface area contributed by atoms with E-state index in [1.807, 2.05) is 0 Å². The molecule has 0 unspecified atom stereocenters. The predicted octanol–water partition coefficient (Wildman–Crippen LogP) is 3.56.